The molecule has 1 aliphatic carbocycles. The number of anilines is 1. The highest BCUT2D eigenvalue weighted by Crippen LogP contribution is 2.29. The highest BCUT2D eigenvalue weighted by atomic mass is 16.2. The van der Waals surface area contributed by atoms with E-state index in [1.54, 1.807) is 0 Å². The third-order valence-electron chi connectivity index (χ3n) is 5.65. The molecule has 1 saturated heterocycles. The molecule has 5 heteroatoms. The molecule has 2 heterocycles. The van der Waals surface area contributed by atoms with E-state index in [4.69, 9.17) is 0 Å². The maximum absolute atomic E-state index is 12.7. The van der Waals surface area contributed by atoms with Gasteiger partial charge in [-0.15, -0.1) is 0 Å². The highest BCUT2D eigenvalue weighted by Gasteiger charge is 2.34. The SMILES string of the molecule is O=C1C(CC(=O)N2CCc3ccccc32)NCCN1CC1CCC1. The van der Waals surface area contributed by atoms with Crippen molar-refractivity contribution >= 4 is 17.5 Å². The standard InChI is InChI=1S/C19H25N3O2/c23-18(22-10-8-15-6-1-2-7-17(15)22)12-16-19(24)21(11-9-20-16)13-14-4-3-5-14/h1-2,6-7,14,16,20H,3-5,8-13H2. The molecular formula is C19H25N3O2. The zero-order valence-electron chi connectivity index (χ0n) is 14.0. The Labute approximate surface area is 143 Å². The quantitative estimate of drug-likeness (QED) is 0.913. The summed E-state index contributed by atoms with van der Waals surface area (Å²) in [4.78, 5) is 29.2. The van der Waals surface area contributed by atoms with Gasteiger partial charge in [-0.05, 0) is 36.8 Å². The molecule has 3 aliphatic rings. The molecule has 5 nitrogen and oxygen atoms in total. The molecule has 0 aromatic heterocycles. The van der Waals surface area contributed by atoms with Crippen molar-refractivity contribution in [2.24, 2.45) is 5.92 Å². The molecule has 0 radical (unpaired) electrons. The van der Waals surface area contributed by atoms with Crippen molar-refractivity contribution in [1.82, 2.24) is 10.2 Å². The maximum Gasteiger partial charge on any atom is 0.240 e. The second-order valence-corrected chi connectivity index (χ2v) is 7.22. The van der Waals surface area contributed by atoms with Crippen LogP contribution in [0.1, 0.15) is 31.2 Å². The van der Waals surface area contributed by atoms with Crippen molar-refractivity contribution in [1.29, 1.82) is 0 Å². The van der Waals surface area contributed by atoms with Crippen molar-refractivity contribution in [3.8, 4) is 0 Å². The number of piperazine rings is 1. The summed E-state index contributed by atoms with van der Waals surface area (Å²) in [5.41, 5.74) is 2.23. The van der Waals surface area contributed by atoms with E-state index in [0.717, 1.165) is 38.3 Å². The van der Waals surface area contributed by atoms with Gasteiger partial charge < -0.3 is 15.1 Å². The average molecular weight is 327 g/mol. The fourth-order valence-electron chi connectivity index (χ4n) is 4.00. The molecule has 1 aromatic rings. The normalized spacial score (nSPS) is 24.0. The van der Waals surface area contributed by atoms with Crippen LogP contribution in [0.25, 0.3) is 0 Å². The smallest absolute Gasteiger partial charge is 0.240 e. The number of nitrogens with zero attached hydrogens (tertiary/aromatic N) is 2. The first-order valence-corrected chi connectivity index (χ1v) is 9.13. The minimum atomic E-state index is -0.362. The number of carbonyl (C=O) groups excluding carboxylic acids is 2. The van der Waals surface area contributed by atoms with Gasteiger partial charge in [-0.2, -0.15) is 0 Å². The van der Waals surface area contributed by atoms with E-state index in [9.17, 15) is 9.59 Å². The van der Waals surface area contributed by atoms with Crippen LogP contribution in [-0.4, -0.2) is 48.9 Å². The second kappa shape index (κ2) is 6.55. The van der Waals surface area contributed by atoms with E-state index in [0.29, 0.717) is 5.92 Å². The molecule has 1 unspecified atom stereocenters. The van der Waals surface area contributed by atoms with Crippen LogP contribution in [0.5, 0.6) is 0 Å². The van der Waals surface area contributed by atoms with Crippen LogP contribution in [0.4, 0.5) is 5.69 Å². The molecule has 128 valence electrons. The number of fused-ring (bicyclic) bond motifs is 1. The molecule has 2 aliphatic heterocycles. The topological polar surface area (TPSA) is 52.7 Å². The fraction of sp³-hybridized carbons (Fsp3) is 0.579. The monoisotopic (exact) mass is 327 g/mol. The molecule has 1 atom stereocenters. The lowest BCUT2D eigenvalue weighted by Crippen LogP contribution is -2.57. The van der Waals surface area contributed by atoms with E-state index in [1.165, 1.54) is 24.8 Å². The zero-order valence-corrected chi connectivity index (χ0v) is 14.0. The van der Waals surface area contributed by atoms with Gasteiger partial charge in [-0.1, -0.05) is 24.6 Å². The Morgan fingerprint density at radius 2 is 2.04 bits per heavy atom. The number of hydrogen-bond donors (Lipinski definition) is 1. The molecule has 4 rings (SSSR count). The van der Waals surface area contributed by atoms with Gasteiger partial charge in [0.2, 0.25) is 11.8 Å². The van der Waals surface area contributed by atoms with Crippen LogP contribution >= 0.6 is 0 Å². The first-order valence-electron chi connectivity index (χ1n) is 9.13. The van der Waals surface area contributed by atoms with Gasteiger partial charge in [-0.3, -0.25) is 9.59 Å². The second-order valence-electron chi connectivity index (χ2n) is 7.22. The summed E-state index contributed by atoms with van der Waals surface area (Å²) in [5, 5.41) is 3.25. The van der Waals surface area contributed by atoms with E-state index in [2.05, 4.69) is 11.4 Å². The molecule has 24 heavy (non-hydrogen) atoms. The Kier molecular flexibility index (Phi) is 4.27. The van der Waals surface area contributed by atoms with Crippen LogP contribution in [0.2, 0.25) is 0 Å². The number of para-hydroxylation sites is 1. The van der Waals surface area contributed by atoms with E-state index in [1.807, 2.05) is 28.0 Å². The number of amides is 2. The predicted octanol–water partition coefficient (Wildman–Crippen LogP) is 1.57. The first kappa shape index (κ1) is 15.6. The van der Waals surface area contributed by atoms with Gasteiger partial charge in [-0.25, -0.2) is 0 Å². The number of carbonyl (C=O) groups is 2. The van der Waals surface area contributed by atoms with Crippen molar-refractivity contribution in [2.75, 3.05) is 31.1 Å². The predicted molar refractivity (Wildman–Crippen MR) is 92.8 cm³/mol. The summed E-state index contributed by atoms with van der Waals surface area (Å²) in [6.45, 7) is 3.15. The lowest BCUT2D eigenvalue weighted by molar-refractivity contribution is -0.138. The van der Waals surface area contributed by atoms with Gasteiger partial charge >= 0.3 is 0 Å². The summed E-state index contributed by atoms with van der Waals surface area (Å²) in [6.07, 6.45) is 4.94. The van der Waals surface area contributed by atoms with Gasteiger partial charge in [0.05, 0.1) is 12.5 Å². The molecule has 2 fully saturated rings. The van der Waals surface area contributed by atoms with Crippen LogP contribution < -0.4 is 10.2 Å². The molecule has 0 bridgehead atoms. The minimum absolute atomic E-state index is 0.0521. The van der Waals surface area contributed by atoms with Crippen LogP contribution in [-0.2, 0) is 16.0 Å². The van der Waals surface area contributed by atoms with Crippen molar-refractivity contribution in [3.63, 3.8) is 0 Å². The largest absolute Gasteiger partial charge is 0.340 e. The van der Waals surface area contributed by atoms with Gasteiger partial charge in [0.15, 0.2) is 0 Å². The Hall–Kier alpha value is -1.88. The molecule has 1 aromatic carbocycles. The maximum atomic E-state index is 12.7. The summed E-state index contributed by atoms with van der Waals surface area (Å²) in [6, 6.07) is 7.69. The Balaban J connectivity index is 1.39. The molecule has 0 spiro atoms. The number of benzene rings is 1. The summed E-state index contributed by atoms with van der Waals surface area (Å²) >= 11 is 0. The molecule has 1 N–H and O–H groups in total. The first-order chi connectivity index (χ1) is 11.7. The number of nitrogens with one attached hydrogen (secondary N) is 1. The fourth-order valence-corrected chi connectivity index (χ4v) is 4.00. The third kappa shape index (κ3) is 2.93. The Morgan fingerprint density at radius 3 is 2.83 bits per heavy atom. The van der Waals surface area contributed by atoms with E-state index < -0.39 is 0 Å². The van der Waals surface area contributed by atoms with Crippen molar-refractivity contribution < 1.29 is 9.59 Å². The molecule has 2 amide bonds. The zero-order chi connectivity index (χ0) is 16.5. The third-order valence-corrected chi connectivity index (χ3v) is 5.65. The van der Waals surface area contributed by atoms with Gasteiger partial charge in [0, 0.05) is 31.9 Å². The lowest BCUT2D eigenvalue weighted by atomic mass is 9.85. The highest BCUT2D eigenvalue weighted by molar-refractivity contribution is 5.98. The Morgan fingerprint density at radius 1 is 1.21 bits per heavy atom. The van der Waals surface area contributed by atoms with E-state index >= 15 is 0 Å². The van der Waals surface area contributed by atoms with Gasteiger partial charge in [0.1, 0.15) is 0 Å². The van der Waals surface area contributed by atoms with E-state index in [-0.39, 0.29) is 24.3 Å². The van der Waals surface area contributed by atoms with Crippen LogP contribution in [0, 0.1) is 5.92 Å². The molecular weight excluding hydrogens is 302 g/mol. The lowest BCUT2D eigenvalue weighted by Gasteiger charge is -2.38. The minimum Gasteiger partial charge on any atom is -0.340 e. The number of hydrogen-bond acceptors (Lipinski definition) is 3. The van der Waals surface area contributed by atoms with Crippen molar-refractivity contribution in [2.45, 2.75) is 38.1 Å². The summed E-state index contributed by atoms with van der Waals surface area (Å²) in [7, 11) is 0. The summed E-state index contributed by atoms with van der Waals surface area (Å²) in [5.74, 6) is 0.833. The average Bonchev–Trinajstić information content (AvgIpc) is 2.98. The van der Waals surface area contributed by atoms with Crippen LogP contribution in [0.15, 0.2) is 24.3 Å². The van der Waals surface area contributed by atoms with Crippen LogP contribution in [0.3, 0.4) is 0 Å². The van der Waals surface area contributed by atoms with Crippen molar-refractivity contribution in [3.05, 3.63) is 29.8 Å². The number of rotatable bonds is 4. The summed E-state index contributed by atoms with van der Waals surface area (Å²) < 4.78 is 0. The Bertz CT molecular complexity index is 641. The van der Waals surface area contributed by atoms with Gasteiger partial charge in [0.25, 0.3) is 0 Å². The molecule has 1 saturated carbocycles.